The van der Waals surface area contributed by atoms with Gasteiger partial charge in [0.15, 0.2) is 5.69 Å². The second-order valence-electron chi connectivity index (χ2n) is 6.44. The van der Waals surface area contributed by atoms with E-state index in [4.69, 9.17) is 5.26 Å². The number of rotatable bonds is 5. The van der Waals surface area contributed by atoms with Crippen LogP contribution in [0.25, 0.3) is 5.65 Å². The highest BCUT2D eigenvalue weighted by atomic mass is 19.3. The van der Waals surface area contributed by atoms with Crippen molar-refractivity contribution in [2.45, 2.75) is 6.43 Å². The first-order valence-corrected chi connectivity index (χ1v) is 8.83. The molecule has 4 rings (SSSR count). The first-order valence-electron chi connectivity index (χ1n) is 8.83. The molecule has 0 atom stereocenters. The molecule has 0 aliphatic carbocycles. The number of halogens is 2. The summed E-state index contributed by atoms with van der Waals surface area (Å²) >= 11 is 0. The van der Waals surface area contributed by atoms with Gasteiger partial charge >= 0.3 is 0 Å². The molecule has 1 amide bonds. The van der Waals surface area contributed by atoms with E-state index in [0.717, 1.165) is 0 Å². The zero-order valence-electron chi connectivity index (χ0n) is 15.7. The smallest absolute Gasteiger partial charge is 0.281 e. The van der Waals surface area contributed by atoms with Crippen molar-refractivity contribution in [2.75, 3.05) is 10.6 Å². The number of hydrogen-bond acceptors (Lipinski definition) is 5. The molecule has 8 nitrogen and oxygen atoms in total. The SMILES string of the molecule is Cn1cc(C(=O)Nc2ccc(Nc3cccc4nc(C(F)F)cn34)cc2)c(C#N)n1. The molecule has 3 heterocycles. The van der Waals surface area contributed by atoms with Gasteiger partial charge in [0.1, 0.15) is 23.2 Å². The fraction of sp³-hybridized carbons (Fsp3) is 0.100. The minimum atomic E-state index is -2.65. The van der Waals surface area contributed by atoms with Crippen molar-refractivity contribution in [3.8, 4) is 6.07 Å². The highest BCUT2D eigenvalue weighted by Crippen LogP contribution is 2.24. The minimum Gasteiger partial charge on any atom is -0.341 e. The van der Waals surface area contributed by atoms with Crippen LogP contribution in [0.4, 0.5) is 26.0 Å². The van der Waals surface area contributed by atoms with Gasteiger partial charge in [-0.1, -0.05) is 6.07 Å². The van der Waals surface area contributed by atoms with Crippen molar-refractivity contribution in [3.05, 3.63) is 71.8 Å². The third-order valence-corrected chi connectivity index (χ3v) is 4.33. The molecule has 10 heteroatoms. The highest BCUT2D eigenvalue weighted by molar-refractivity contribution is 6.05. The topological polar surface area (TPSA) is 100 Å². The van der Waals surface area contributed by atoms with Gasteiger partial charge in [-0.15, -0.1) is 0 Å². The molecule has 30 heavy (non-hydrogen) atoms. The molecule has 0 aliphatic heterocycles. The number of carbonyl (C=O) groups excluding carboxylic acids is 1. The molecule has 1 aromatic carbocycles. The number of nitriles is 1. The van der Waals surface area contributed by atoms with Crippen LogP contribution in [0.1, 0.15) is 28.2 Å². The van der Waals surface area contributed by atoms with Gasteiger partial charge in [-0.2, -0.15) is 10.4 Å². The van der Waals surface area contributed by atoms with Crippen LogP contribution in [0.3, 0.4) is 0 Å². The number of amides is 1. The molecular formula is C20H15F2N7O. The molecule has 4 aromatic rings. The van der Waals surface area contributed by atoms with Crippen LogP contribution in [0.15, 0.2) is 54.9 Å². The van der Waals surface area contributed by atoms with Gasteiger partial charge in [-0.05, 0) is 36.4 Å². The van der Waals surface area contributed by atoms with E-state index in [0.29, 0.717) is 22.8 Å². The van der Waals surface area contributed by atoms with Crippen LogP contribution >= 0.6 is 0 Å². The molecule has 0 unspecified atom stereocenters. The third kappa shape index (κ3) is 3.68. The summed E-state index contributed by atoms with van der Waals surface area (Å²) in [5.74, 6) is 0.126. The summed E-state index contributed by atoms with van der Waals surface area (Å²) in [6.45, 7) is 0. The number of nitrogens with zero attached hydrogens (tertiary/aromatic N) is 5. The number of nitrogens with one attached hydrogen (secondary N) is 2. The van der Waals surface area contributed by atoms with Crippen LogP contribution in [0.5, 0.6) is 0 Å². The number of alkyl halides is 2. The first-order chi connectivity index (χ1) is 14.4. The fourth-order valence-corrected chi connectivity index (χ4v) is 2.96. The average Bonchev–Trinajstić information content (AvgIpc) is 3.33. The van der Waals surface area contributed by atoms with E-state index >= 15 is 0 Å². The van der Waals surface area contributed by atoms with Crippen LogP contribution in [-0.4, -0.2) is 25.1 Å². The summed E-state index contributed by atoms with van der Waals surface area (Å²) < 4.78 is 28.8. The number of carbonyl (C=O) groups is 1. The van der Waals surface area contributed by atoms with Gasteiger partial charge < -0.3 is 10.6 Å². The molecule has 0 bridgehead atoms. The van der Waals surface area contributed by atoms with Crippen molar-refractivity contribution >= 4 is 28.7 Å². The molecule has 0 radical (unpaired) electrons. The number of anilines is 3. The summed E-state index contributed by atoms with van der Waals surface area (Å²) in [5.41, 5.74) is 1.55. The van der Waals surface area contributed by atoms with E-state index in [1.807, 2.05) is 6.07 Å². The number of pyridine rings is 1. The van der Waals surface area contributed by atoms with Crippen molar-refractivity contribution < 1.29 is 13.6 Å². The van der Waals surface area contributed by atoms with E-state index in [9.17, 15) is 13.6 Å². The molecule has 0 saturated carbocycles. The fourth-order valence-electron chi connectivity index (χ4n) is 2.96. The molecule has 2 N–H and O–H groups in total. The molecule has 3 aromatic heterocycles. The van der Waals surface area contributed by atoms with Crippen LogP contribution in [0, 0.1) is 11.3 Å². The molecule has 150 valence electrons. The standard InChI is InChI=1S/C20H15F2N7O/c1-28-10-14(15(9-23)27-28)20(30)25-13-7-5-12(6-8-13)24-17-3-2-4-18-26-16(19(21)22)11-29(17)18/h2-8,10-11,19,24H,1H3,(H,25,30). The maximum atomic E-state index is 12.9. The largest absolute Gasteiger partial charge is 0.341 e. The molecule has 0 spiro atoms. The summed E-state index contributed by atoms with van der Waals surface area (Å²) in [7, 11) is 1.63. The Morgan fingerprint density at radius 3 is 2.57 bits per heavy atom. The summed E-state index contributed by atoms with van der Waals surface area (Å²) in [4.78, 5) is 16.3. The van der Waals surface area contributed by atoms with Gasteiger partial charge in [0, 0.05) is 30.8 Å². The number of aromatic nitrogens is 4. The van der Waals surface area contributed by atoms with E-state index in [1.54, 1.807) is 53.9 Å². The Kier molecular flexibility index (Phi) is 4.85. The molecular weight excluding hydrogens is 392 g/mol. The molecule has 0 saturated heterocycles. The Morgan fingerprint density at radius 2 is 1.87 bits per heavy atom. The molecule has 0 fully saturated rings. The minimum absolute atomic E-state index is 0.0462. The zero-order valence-corrected chi connectivity index (χ0v) is 15.7. The summed E-state index contributed by atoms with van der Waals surface area (Å²) in [6, 6.07) is 13.8. The van der Waals surface area contributed by atoms with Gasteiger partial charge in [-0.25, -0.2) is 13.8 Å². The number of fused-ring (bicyclic) bond motifs is 1. The Balaban J connectivity index is 1.51. The van der Waals surface area contributed by atoms with Crippen LogP contribution in [0.2, 0.25) is 0 Å². The lowest BCUT2D eigenvalue weighted by molar-refractivity contribution is 0.102. The Labute approximate surface area is 169 Å². The lowest BCUT2D eigenvalue weighted by Crippen LogP contribution is -2.12. The van der Waals surface area contributed by atoms with Crippen molar-refractivity contribution in [1.29, 1.82) is 5.26 Å². The predicted molar refractivity (Wildman–Crippen MR) is 106 cm³/mol. The monoisotopic (exact) mass is 407 g/mol. The van der Waals surface area contributed by atoms with Crippen LogP contribution < -0.4 is 10.6 Å². The van der Waals surface area contributed by atoms with Crippen molar-refractivity contribution in [3.63, 3.8) is 0 Å². The summed E-state index contributed by atoms with van der Waals surface area (Å²) in [5, 5.41) is 18.8. The first kappa shape index (κ1) is 19.1. The second kappa shape index (κ2) is 7.63. The predicted octanol–water partition coefficient (Wildman–Crippen LogP) is 3.87. The Morgan fingerprint density at radius 1 is 1.13 bits per heavy atom. The lowest BCUT2D eigenvalue weighted by atomic mass is 10.2. The van der Waals surface area contributed by atoms with Crippen LogP contribution in [-0.2, 0) is 7.05 Å². The van der Waals surface area contributed by atoms with Gasteiger partial charge in [0.05, 0.1) is 5.56 Å². The maximum absolute atomic E-state index is 12.9. The maximum Gasteiger partial charge on any atom is 0.281 e. The van der Waals surface area contributed by atoms with E-state index in [2.05, 4.69) is 20.7 Å². The lowest BCUT2D eigenvalue weighted by Gasteiger charge is -2.10. The highest BCUT2D eigenvalue weighted by Gasteiger charge is 2.16. The number of imidazole rings is 1. The van der Waals surface area contributed by atoms with Gasteiger partial charge in [0.2, 0.25) is 0 Å². The number of benzene rings is 1. The van der Waals surface area contributed by atoms with Crippen molar-refractivity contribution in [2.24, 2.45) is 7.05 Å². The second-order valence-corrected chi connectivity index (χ2v) is 6.44. The van der Waals surface area contributed by atoms with Gasteiger partial charge in [0.25, 0.3) is 12.3 Å². The summed E-state index contributed by atoms with van der Waals surface area (Å²) in [6.07, 6.45) is 0.114. The third-order valence-electron chi connectivity index (χ3n) is 4.33. The number of hydrogen-bond donors (Lipinski definition) is 2. The van der Waals surface area contributed by atoms with Gasteiger partial charge in [-0.3, -0.25) is 13.9 Å². The van der Waals surface area contributed by atoms with E-state index in [-0.39, 0.29) is 17.0 Å². The zero-order chi connectivity index (χ0) is 21.3. The van der Waals surface area contributed by atoms with Crippen molar-refractivity contribution in [1.82, 2.24) is 19.2 Å². The van der Waals surface area contributed by atoms with E-state index < -0.39 is 12.3 Å². The Hall–Kier alpha value is -4.26. The quantitative estimate of drug-likeness (QED) is 0.523. The normalized spacial score (nSPS) is 10.9. The molecule has 0 aliphatic rings. The van der Waals surface area contributed by atoms with E-state index in [1.165, 1.54) is 17.1 Å². The Bertz CT molecular complexity index is 1270. The number of aryl methyl sites for hydroxylation is 1. The average molecular weight is 407 g/mol.